The van der Waals surface area contributed by atoms with Gasteiger partial charge in [-0.3, -0.25) is 9.97 Å². The van der Waals surface area contributed by atoms with Gasteiger partial charge >= 0.3 is 0 Å². The number of hydrogen-bond acceptors (Lipinski definition) is 2. The summed E-state index contributed by atoms with van der Waals surface area (Å²) in [7, 11) is 0. The van der Waals surface area contributed by atoms with Gasteiger partial charge in [0, 0.05) is 28.7 Å². The molecule has 0 aliphatic rings. The van der Waals surface area contributed by atoms with Gasteiger partial charge in [-0.05, 0) is 28.8 Å². The maximum absolute atomic E-state index is 4.70. The van der Waals surface area contributed by atoms with Gasteiger partial charge in [-0.25, -0.2) is 0 Å². The fourth-order valence-corrected chi connectivity index (χ4v) is 3.38. The van der Waals surface area contributed by atoms with Gasteiger partial charge in [0.15, 0.2) is 0 Å². The minimum Gasteiger partial charge on any atom is -0.254 e. The summed E-state index contributed by atoms with van der Waals surface area (Å²) in [4.78, 5) is 9.20. The van der Waals surface area contributed by atoms with Crippen molar-refractivity contribution in [2.24, 2.45) is 0 Å². The number of rotatable bonds is 2. The van der Waals surface area contributed by atoms with Crippen LogP contribution in [0.25, 0.3) is 44.1 Å². The monoisotopic (exact) mass is 332 g/mol. The molecule has 0 bridgehead atoms. The standard InChI is InChI=1S/C24H16N2/c1-2-5-17(6-3-1)18-8-10-19(11-9-18)22-15-21-13-12-20-7-4-14-25-23(20)24(21)26-16-22/h1-16H. The first-order valence-electron chi connectivity index (χ1n) is 8.68. The van der Waals surface area contributed by atoms with Crippen LogP contribution in [-0.4, -0.2) is 9.97 Å². The van der Waals surface area contributed by atoms with Crippen molar-refractivity contribution in [2.45, 2.75) is 0 Å². The summed E-state index contributed by atoms with van der Waals surface area (Å²) in [6, 6.07) is 29.5. The van der Waals surface area contributed by atoms with Crippen molar-refractivity contribution >= 4 is 21.8 Å². The minimum atomic E-state index is 0.952. The molecule has 5 rings (SSSR count). The van der Waals surface area contributed by atoms with Gasteiger partial charge in [0.2, 0.25) is 0 Å². The molecule has 0 spiro atoms. The van der Waals surface area contributed by atoms with Crippen LogP contribution >= 0.6 is 0 Å². The van der Waals surface area contributed by atoms with Crippen LogP contribution in [0.2, 0.25) is 0 Å². The molecular formula is C24H16N2. The highest BCUT2D eigenvalue weighted by Gasteiger charge is 2.06. The third kappa shape index (κ3) is 2.52. The van der Waals surface area contributed by atoms with E-state index in [0.29, 0.717) is 0 Å². The lowest BCUT2D eigenvalue weighted by Crippen LogP contribution is -1.87. The summed E-state index contributed by atoms with van der Waals surface area (Å²) in [6.07, 6.45) is 3.76. The predicted molar refractivity (Wildman–Crippen MR) is 108 cm³/mol. The average molecular weight is 332 g/mol. The normalized spacial score (nSPS) is 11.1. The summed E-state index contributed by atoms with van der Waals surface area (Å²) in [5, 5.41) is 2.23. The van der Waals surface area contributed by atoms with Crippen molar-refractivity contribution in [2.75, 3.05) is 0 Å². The molecule has 122 valence electrons. The first-order valence-corrected chi connectivity index (χ1v) is 8.68. The van der Waals surface area contributed by atoms with Crippen molar-refractivity contribution in [3.05, 3.63) is 97.3 Å². The van der Waals surface area contributed by atoms with Crippen molar-refractivity contribution in [1.82, 2.24) is 9.97 Å². The van der Waals surface area contributed by atoms with Gasteiger partial charge in [-0.15, -0.1) is 0 Å². The largest absolute Gasteiger partial charge is 0.254 e. The molecule has 0 saturated heterocycles. The molecule has 0 fully saturated rings. The summed E-state index contributed by atoms with van der Waals surface area (Å²) >= 11 is 0. The van der Waals surface area contributed by atoms with Gasteiger partial charge in [-0.1, -0.05) is 72.8 Å². The van der Waals surface area contributed by atoms with E-state index in [0.717, 1.165) is 27.4 Å². The van der Waals surface area contributed by atoms with E-state index in [1.54, 1.807) is 0 Å². The lowest BCUT2D eigenvalue weighted by atomic mass is 10.00. The van der Waals surface area contributed by atoms with E-state index in [9.17, 15) is 0 Å². The van der Waals surface area contributed by atoms with Crippen LogP contribution in [0.4, 0.5) is 0 Å². The van der Waals surface area contributed by atoms with E-state index < -0.39 is 0 Å². The van der Waals surface area contributed by atoms with Crippen LogP contribution < -0.4 is 0 Å². The topological polar surface area (TPSA) is 25.8 Å². The number of hydrogen-bond donors (Lipinski definition) is 0. The van der Waals surface area contributed by atoms with E-state index in [2.05, 4.69) is 77.8 Å². The van der Waals surface area contributed by atoms with E-state index in [-0.39, 0.29) is 0 Å². The Labute approximate surface area is 151 Å². The van der Waals surface area contributed by atoms with Crippen molar-refractivity contribution in [1.29, 1.82) is 0 Å². The van der Waals surface area contributed by atoms with Gasteiger partial charge in [0.05, 0.1) is 11.0 Å². The Bertz CT molecular complexity index is 1210. The fraction of sp³-hybridized carbons (Fsp3) is 0. The van der Waals surface area contributed by atoms with Crippen LogP contribution in [0, 0.1) is 0 Å². The Morgan fingerprint density at radius 1 is 0.462 bits per heavy atom. The molecule has 0 radical (unpaired) electrons. The van der Waals surface area contributed by atoms with Crippen LogP contribution in [0.15, 0.2) is 97.3 Å². The van der Waals surface area contributed by atoms with Crippen LogP contribution in [0.3, 0.4) is 0 Å². The molecule has 0 aliphatic heterocycles. The second-order valence-corrected chi connectivity index (χ2v) is 6.38. The molecule has 0 amide bonds. The average Bonchev–Trinajstić information content (AvgIpc) is 2.74. The first kappa shape index (κ1) is 14.8. The fourth-order valence-electron chi connectivity index (χ4n) is 3.38. The number of fused-ring (bicyclic) bond motifs is 3. The van der Waals surface area contributed by atoms with Gasteiger partial charge in [0.25, 0.3) is 0 Å². The molecular weight excluding hydrogens is 316 g/mol. The van der Waals surface area contributed by atoms with E-state index in [1.807, 2.05) is 24.5 Å². The molecule has 0 aliphatic carbocycles. The van der Waals surface area contributed by atoms with E-state index in [4.69, 9.17) is 4.98 Å². The highest BCUT2D eigenvalue weighted by atomic mass is 14.7. The Kier molecular flexibility index (Phi) is 3.46. The summed E-state index contributed by atoms with van der Waals surface area (Å²) in [6.45, 7) is 0. The molecule has 5 aromatic rings. The van der Waals surface area contributed by atoms with Crippen molar-refractivity contribution in [3.8, 4) is 22.3 Å². The number of nitrogens with zero attached hydrogens (tertiary/aromatic N) is 2. The molecule has 0 unspecified atom stereocenters. The molecule has 2 heteroatoms. The van der Waals surface area contributed by atoms with Crippen molar-refractivity contribution < 1.29 is 0 Å². The zero-order valence-corrected chi connectivity index (χ0v) is 14.1. The highest BCUT2D eigenvalue weighted by Crippen LogP contribution is 2.28. The van der Waals surface area contributed by atoms with E-state index in [1.165, 1.54) is 16.7 Å². The zero-order valence-electron chi connectivity index (χ0n) is 14.1. The Morgan fingerprint density at radius 2 is 1.12 bits per heavy atom. The minimum absolute atomic E-state index is 0.952. The van der Waals surface area contributed by atoms with Gasteiger partial charge in [0.1, 0.15) is 0 Å². The summed E-state index contributed by atoms with van der Waals surface area (Å²) in [5.74, 6) is 0. The van der Waals surface area contributed by atoms with Gasteiger partial charge < -0.3 is 0 Å². The van der Waals surface area contributed by atoms with Crippen LogP contribution in [0.5, 0.6) is 0 Å². The molecule has 3 aromatic carbocycles. The molecule has 2 heterocycles. The number of pyridine rings is 2. The third-order valence-corrected chi connectivity index (χ3v) is 4.75. The second-order valence-electron chi connectivity index (χ2n) is 6.38. The lowest BCUT2D eigenvalue weighted by Gasteiger charge is -2.07. The second kappa shape index (κ2) is 6.08. The molecule has 0 atom stereocenters. The molecule has 0 N–H and O–H groups in total. The maximum Gasteiger partial charge on any atom is 0.0964 e. The van der Waals surface area contributed by atoms with Gasteiger partial charge in [-0.2, -0.15) is 0 Å². The SMILES string of the molecule is c1ccc(-c2ccc(-c3cnc4c(ccc5cccnc54)c3)cc2)cc1. The first-order chi connectivity index (χ1) is 12.9. The van der Waals surface area contributed by atoms with Crippen LogP contribution in [-0.2, 0) is 0 Å². The Morgan fingerprint density at radius 3 is 1.92 bits per heavy atom. The van der Waals surface area contributed by atoms with Crippen molar-refractivity contribution in [3.63, 3.8) is 0 Å². The van der Waals surface area contributed by atoms with Crippen LogP contribution in [0.1, 0.15) is 0 Å². The number of benzene rings is 3. The Balaban J connectivity index is 1.57. The van der Waals surface area contributed by atoms with E-state index >= 15 is 0 Å². The molecule has 26 heavy (non-hydrogen) atoms. The lowest BCUT2D eigenvalue weighted by molar-refractivity contribution is 1.37. The zero-order chi connectivity index (χ0) is 17.3. The summed E-state index contributed by atoms with van der Waals surface area (Å²) < 4.78 is 0. The smallest absolute Gasteiger partial charge is 0.0964 e. The quantitative estimate of drug-likeness (QED) is 0.364. The molecule has 2 nitrogen and oxygen atoms in total. The predicted octanol–water partition coefficient (Wildman–Crippen LogP) is 6.12. The summed E-state index contributed by atoms with van der Waals surface area (Å²) in [5.41, 5.74) is 6.64. The molecule has 0 saturated carbocycles. The third-order valence-electron chi connectivity index (χ3n) is 4.75. The maximum atomic E-state index is 4.70. The Hall–Kier alpha value is -3.52. The highest BCUT2D eigenvalue weighted by molar-refractivity contribution is 6.03. The number of aromatic nitrogens is 2. The molecule has 2 aromatic heterocycles.